The Morgan fingerprint density at radius 2 is 1.85 bits per heavy atom. The van der Waals surface area contributed by atoms with Crippen LogP contribution in [-0.2, 0) is 6.73 Å². The van der Waals surface area contributed by atoms with Gasteiger partial charge in [-0.15, -0.1) is 0 Å². The number of ether oxygens (including phenoxy) is 1. The Kier molecular flexibility index (Phi) is 5.16. The molecule has 8 nitrogen and oxygen atoms in total. The summed E-state index contributed by atoms with van der Waals surface area (Å²) in [6, 6.07) is 13.4. The van der Waals surface area contributed by atoms with Gasteiger partial charge in [0.05, 0.1) is 4.92 Å². The van der Waals surface area contributed by atoms with Gasteiger partial charge in [-0.3, -0.25) is 14.9 Å². The minimum Gasteiger partial charge on any atom is -0.464 e. The summed E-state index contributed by atoms with van der Waals surface area (Å²) in [7, 11) is 0. The van der Waals surface area contributed by atoms with Crippen LogP contribution in [0.4, 0.5) is 11.4 Å². The molecule has 138 valence electrons. The van der Waals surface area contributed by atoms with E-state index in [0.29, 0.717) is 0 Å². The molecule has 0 saturated carbocycles. The summed E-state index contributed by atoms with van der Waals surface area (Å²) in [5.41, 5.74) is 2.78. The maximum atomic E-state index is 12.4. The molecule has 0 fully saturated rings. The molecule has 8 heteroatoms. The van der Waals surface area contributed by atoms with Crippen molar-refractivity contribution in [1.29, 1.82) is 0 Å². The zero-order chi connectivity index (χ0) is 19.4. The van der Waals surface area contributed by atoms with Crippen molar-refractivity contribution in [2.24, 2.45) is 0 Å². The standard InChI is InChI=1S/C19H18N4O4/c1-13-6-5-7-14(2)18(13)20-19(24)15-10-11-22(21-15)12-27-17-9-4-3-8-16(17)23(25)26/h3-11H,12H2,1-2H3,(H,20,24). The van der Waals surface area contributed by atoms with Crippen molar-refractivity contribution in [2.75, 3.05) is 5.32 Å². The molecule has 0 spiro atoms. The lowest BCUT2D eigenvalue weighted by Gasteiger charge is -2.10. The van der Waals surface area contributed by atoms with Crippen LogP contribution in [0.15, 0.2) is 54.7 Å². The zero-order valence-electron chi connectivity index (χ0n) is 14.9. The number of amides is 1. The van der Waals surface area contributed by atoms with E-state index in [9.17, 15) is 14.9 Å². The highest BCUT2D eigenvalue weighted by Gasteiger charge is 2.15. The van der Waals surface area contributed by atoms with Crippen LogP contribution in [0.2, 0.25) is 0 Å². The van der Waals surface area contributed by atoms with E-state index in [0.717, 1.165) is 16.8 Å². The highest BCUT2D eigenvalue weighted by molar-refractivity contribution is 6.03. The fourth-order valence-electron chi connectivity index (χ4n) is 2.61. The maximum Gasteiger partial charge on any atom is 0.311 e. The minimum absolute atomic E-state index is 0.0540. The number of carbonyl (C=O) groups is 1. The average molecular weight is 366 g/mol. The molecule has 1 amide bonds. The molecule has 0 aliphatic rings. The Morgan fingerprint density at radius 3 is 2.56 bits per heavy atom. The molecule has 0 atom stereocenters. The van der Waals surface area contributed by atoms with Crippen LogP contribution in [0, 0.1) is 24.0 Å². The molecule has 27 heavy (non-hydrogen) atoms. The van der Waals surface area contributed by atoms with Crippen molar-refractivity contribution in [2.45, 2.75) is 20.6 Å². The fourth-order valence-corrected chi connectivity index (χ4v) is 2.61. The highest BCUT2D eigenvalue weighted by Crippen LogP contribution is 2.26. The van der Waals surface area contributed by atoms with Crippen LogP contribution < -0.4 is 10.1 Å². The van der Waals surface area contributed by atoms with Crippen LogP contribution in [0.1, 0.15) is 21.6 Å². The topological polar surface area (TPSA) is 99.3 Å². The predicted octanol–water partition coefficient (Wildman–Crippen LogP) is 3.70. The van der Waals surface area contributed by atoms with E-state index in [1.165, 1.54) is 16.8 Å². The number of nitro benzene ring substituents is 1. The van der Waals surface area contributed by atoms with Gasteiger partial charge < -0.3 is 10.1 Å². The van der Waals surface area contributed by atoms with E-state index in [1.807, 2.05) is 32.0 Å². The normalized spacial score (nSPS) is 10.4. The van der Waals surface area contributed by atoms with Gasteiger partial charge in [0.2, 0.25) is 0 Å². The lowest BCUT2D eigenvalue weighted by Crippen LogP contribution is -2.15. The van der Waals surface area contributed by atoms with Crippen molar-refractivity contribution in [1.82, 2.24) is 9.78 Å². The Morgan fingerprint density at radius 1 is 1.15 bits per heavy atom. The Bertz CT molecular complexity index is 977. The smallest absolute Gasteiger partial charge is 0.311 e. The number of carbonyl (C=O) groups excluding carboxylic acids is 1. The second-order valence-electron chi connectivity index (χ2n) is 5.96. The van der Waals surface area contributed by atoms with Gasteiger partial charge in [-0.2, -0.15) is 5.10 Å². The third-order valence-electron chi connectivity index (χ3n) is 4.01. The second kappa shape index (κ2) is 7.69. The average Bonchev–Trinajstić information content (AvgIpc) is 3.12. The lowest BCUT2D eigenvalue weighted by atomic mass is 10.1. The molecule has 0 aliphatic heterocycles. The molecule has 0 radical (unpaired) electrons. The molecule has 1 heterocycles. The van der Waals surface area contributed by atoms with Crippen molar-refractivity contribution in [3.05, 3.63) is 81.7 Å². The van der Waals surface area contributed by atoms with E-state index in [1.54, 1.807) is 24.4 Å². The van der Waals surface area contributed by atoms with Gasteiger partial charge in [-0.05, 0) is 37.1 Å². The fraction of sp³-hybridized carbons (Fsp3) is 0.158. The second-order valence-corrected chi connectivity index (χ2v) is 5.96. The number of nitro groups is 1. The summed E-state index contributed by atoms with van der Waals surface area (Å²) in [5, 5.41) is 18.0. The van der Waals surface area contributed by atoms with Crippen molar-refractivity contribution >= 4 is 17.3 Å². The third-order valence-corrected chi connectivity index (χ3v) is 4.01. The number of nitrogens with zero attached hydrogens (tertiary/aromatic N) is 3. The van der Waals surface area contributed by atoms with Crippen LogP contribution in [0.5, 0.6) is 5.75 Å². The van der Waals surface area contributed by atoms with Crippen molar-refractivity contribution in [3.63, 3.8) is 0 Å². The summed E-state index contributed by atoms with van der Waals surface area (Å²) in [6.45, 7) is 3.78. The first-order valence-electron chi connectivity index (χ1n) is 8.23. The molecule has 0 saturated heterocycles. The summed E-state index contributed by atoms with van der Waals surface area (Å²) in [6.07, 6.45) is 1.58. The first-order valence-corrected chi connectivity index (χ1v) is 8.23. The molecule has 0 bridgehead atoms. The van der Waals surface area contributed by atoms with Crippen LogP contribution in [-0.4, -0.2) is 20.6 Å². The molecule has 1 aromatic heterocycles. The maximum absolute atomic E-state index is 12.4. The summed E-state index contributed by atoms with van der Waals surface area (Å²) in [4.78, 5) is 22.9. The number of hydrogen-bond donors (Lipinski definition) is 1. The Labute approximate surface area is 155 Å². The van der Waals surface area contributed by atoms with Gasteiger partial charge >= 0.3 is 5.69 Å². The largest absolute Gasteiger partial charge is 0.464 e. The van der Waals surface area contributed by atoms with Crippen molar-refractivity contribution < 1.29 is 14.5 Å². The number of aryl methyl sites for hydroxylation is 2. The number of hydrogen-bond acceptors (Lipinski definition) is 5. The quantitative estimate of drug-likeness (QED) is 0.530. The van der Waals surface area contributed by atoms with Gasteiger partial charge in [0, 0.05) is 18.0 Å². The molecule has 3 aromatic rings. The number of para-hydroxylation sites is 3. The van der Waals surface area contributed by atoms with Gasteiger partial charge in [-0.1, -0.05) is 30.3 Å². The van der Waals surface area contributed by atoms with Gasteiger partial charge in [0.15, 0.2) is 18.2 Å². The Balaban J connectivity index is 1.68. The molecular formula is C19H18N4O4. The Hall–Kier alpha value is -3.68. The van der Waals surface area contributed by atoms with E-state index < -0.39 is 4.92 Å². The van der Waals surface area contributed by atoms with E-state index in [-0.39, 0.29) is 29.8 Å². The number of rotatable bonds is 6. The number of benzene rings is 2. The number of anilines is 1. The molecular weight excluding hydrogens is 348 g/mol. The van der Waals surface area contributed by atoms with Crippen LogP contribution >= 0.6 is 0 Å². The molecule has 3 rings (SSSR count). The van der Waals surface area contributed by atoms with Gasteiger partial charge in [-0.25, -0.2) is 4.68 Å². The zero-order valence-corrected chi connectivity index (χ0v) is 14.9. The summed E-state index contributed by atoms with van der Waals surface area (Å²) in [5.74, 6) is -0.198. The monoisotopic (exact) mass is 366 g/mol. The summed E-state index contributed by atoms with van der Waals surface area (Å²) >= 11 is 0. The van der Waals surface area contributed by atoms with Crippen LogP contribution in [0.25, 0.3) is 0 Å². The van der Waals surface area contributed by atoms with E-state index >= 15 is 0 Å². The SMILES string of the molecule is Cc1cccc(C)c1NC(=O)c1ccn(COc2ccccc2[N+](=O)[O-])n1. The third kappa shape index (κ3) is 4.12. The lowest BCUT2D eigenvalue weighted by molar-refractivity contribution is -0.386. The van der Waals surface area contributed by atoms with Crippen LogP contribution in [0.3, 0.4) is 0 Å². The summed E-state index contributed by atoms with van der Waals surface area (Å²) < 4.78 is 6.86. The molecule has 0 aliphatic carbocycles. The van der Waals surface area contributed by atoms with Gasteiger partial charge in [0.25, 0.3) is 5.91 Å². The molecule has 2 aromatic carbocycles. The minimum atomic E-state index is -0.512. The van der Waals surface area contributed by atoms with E-state index in [2.05, 4.69) is 10.4 Å². The first-order chi connectivity index (χ1) is 13.0. The van der Waals surface area contributed by atoms with Crippen molar-refractivity contribution in [3.8, 4) is 5.75 Å². The first kappa shape index (κ1) is 18.1. The van der Waals surface area contributed by atoms with Gasteiger partial charge in [0.1, 0.15) is 0 Å². The number of aromatic nitrogens is 2. The highest BCUT2D eigenvalue weighted by atomic mass is 16.6. The van der Waals surface area contributed by atoms with E-state index in [4.69, 9.17) is 4.74 Å². The number of nitrogens with one attached hydrogen (secondary N) is 1. The molecule has 0 unspecified atom stereocenters. The predicted molar refractivity (Wildman–Crippen MR) is 99.8 cm³/mol. The molecule has 1 N–H and O–H groups in total.